The molecule has 7 heteroatoms. The molecular formula is C18H31N5O2. The zero-order chi connectivity index (χ0) is 17.8. The van der Waals surface area contributed by atoms with Crippen molar-refractivity contribution in [1.82, 2.24) is 24.3 Å². The lowest BCUT2D eigenvalue weighted by molar-refractivity contribution is -0.140. The third-order valence-corrected chi connectivity index (χ3v) is 5.29. The molecule has 0 aromatic carbocycles. The fourth-order valence-corrected chi connectivity index (χ4v) is 3.75. The molecule has 2 aliphatic heterocycles. The number of carbonyl (C=O) groups excluding carboxylic acids is 1. The Bertz CT molecular complexity index is 576. The summed E-state index contributed by atoms with van der Waals surface area (Å²) in [6.45, 7) is 13.7. The Labute approximate surface area is 150 Å². The van der Waals surface area contributed by atoms with Crippen LogP contribution in [0.5, 0.6) is 0 Å². The molecule has 2 fully saturated rings. The average molecular weight is 349 g/mol. The molecular weight excluding hydrogens is 318 g/mol. The van der Waals surface area contributed by atoms with Gasteiger partial charge in [-0.15, -0.1) is 0 Å². The van der Waals surface area contributed by atoms with Crippen molar-refractivity contribution in [2.75, 3.05) is 45.9 Å². The number of piperazine rings is 1. The van der Waals surface area contributed by atoms with Crippen molar-refractivity contribution in [2.24, 2.45) is 0 Å². The molecule has 0 saturated carbocycles. The maximum absolute atomic E-state index is 12.5. The number of carbonyl (C=O) groups is 1. The summed E-state index contributed by atoms with van der Waals surface area (Å²) in [5.74, 6) is 1.36. The van der Waals surface area contributed by atoms with Gasteiger partial charge in [0.2, 0.25) is 5.91 Å². The first-order valence-electron chi connectivity index (χ1n) is 9.42. The molecule has 2 atom stereocenters. The molecule has 25 heavy (non-hydrogen) atoms. The van der Waals surface area contributed by atoms with Gasteiger partial charge in [0, 0.05) is 57.7 Å². The zero-order valence-corrected chi connectivity index (χ0v) is 15.7. The van der Waals surface area contributed by atoms with Crippen LogP contribution in [0.2, 0.25) is 0 Å². The van der Waals surface area contributed by atoms with Crippen molar-refractivity contribution >= 4 is 5.91 Å². The smallest absolute Gasteiger partial charge is 0.236 e. The van der Waals surface area contributed by atoms with Gasteiger partial charge in [0.1, 0.15) is 5.82 Å². The summed E-state index contributed by atoms with van der Waals surface area (Å²) in [7, 11) is 0. The third-order valence-electron chi connectivity index (χ3n) is 5.29. The minimum Gasteiger partial charge on any atom is -0.375 e. The van der Waals surface area contributed by atoms with Gasteiger partial charge in [-0.25, -0.2) is 4.98 Å². The molecule has 2 unspecified atom stereocenters. The van der Waals surface area contributed by atoms with Gasteiger partial charge in [-0.3, -0.25) is 14.6 Å². The van der Waals surface area contributed by atoms with E-state index in [1.54, 1.807) is 0 Å². The van der Waals surface area contributed by atoms with Crippen LogP contribution < -0.4 is 0 Å². The van der Waals surface area contributed by atoms with E-state index in [1.165, 1.54) is 0 Å². The minimum atomic E-state index is 0.149. The van der Waals surface area contributed by atoms with Crippen LogP contribution in [0.15, 0.2) is 12.4 Å². The van der Waals surface area contributed by atoms with Crippen LogP contribution in [0.25, 0.3) is 0 Å². The molecule has 2 saturated heterocycles. The van der Waals surface area contributed by atoms with E-state index in [-0.39, 0.29) is 12.0 Å². The highest BCUT2D eigenvalue weighted by Gasteiger charge is 2.28. The first-order valence-corrected chi connectivity index (χ1v) is 9.42. The summed E-state index contributed by atoms with van der Waals surface area (Å²) in [5.41, 5.74) is 0. The monoisotopic (exact) mass is 349 g/mol. The van der Waals surface area contributed by atoms with E-state index in [0.717, 1.165) is 45.1 Å². The molecule has 3 heterocycles. The molecule has 7 nitrogen and oxygen atoms in total. The Balaban J connectivity index is 1.49. The van der Waals surface area contributed by atoms with Crippen LogP contribution in [0.4, 0.5) is 0 Å². The second-order valence-electron chi connectivity index (χ2n) is 7.21. The van der Waals surface area contributed by atoms with Crippen LogP contribution in [0, 0.1) is 0 Å². The fraction of sp³-hybridized carbons (Fsp3) is 0.778. The number of imidazole rings is 1. The summed E-state index contributed by atoms with van der Waals surface area (Å²) in [6, 6.07) is 0.423. The molecule has 2 aliphatic rings. The topological polar surface area (TPSA) is 53.8 Å². The van der Waals surface area contributed by atoms with E-state index >= 15 is 0 Å². The highest BCUT2D eigenvalue weighted by molar-refractivity contribution is 5.78. The Morgan fingerprint density at radius 2 is 2.12 bits per heavy atom. The van der Waals surface area contributed by atoms with Crippen LogP contribution in [-0.4, -0.2) is 88.2 Å². The van der Waals surface area contributed by atoms with E-state index in [1.807, 2.05) is 24.2 Å². The lowest BCUT2D eigenvalue weighted by atomic mass is 10.2. The quantitative estimate of drug-likeness (QED) is 0.782. The molecule has 140 valence electrons. The van der Waals surface area contributed by atoms with Crippen molar-refractivity contribution < 1.29 is 9.53 Å². The molecule has 0 N–H and O–H groups in total. The molecule has 1 aromatic rings. The molecule has 0 radical (unpaired) electrons. The van der Waals surface area contributed by atoms with E-state index in [9.17, 15) is 4.79 Å². The first-order chi connectivity index (χ1) is 12.1. The summed E-state index contributed by atoms with van der Waals surface area (Å²) in [4.78, 5) is 23.7. The van der Waals surface area contributed by atoms with E-state index in [4.69, 9.17) is 4.74 Å². The minimum absolute atomic E-state index is 0.149. The second-order valence-corrected chi connectivity index (χ2v) is 7.21. The number of hydrogen-bond acceptors (Lipinski definition) is 5. The Morgan fingerprint density at radius 1 is 1.28 bits per heavy atom. The number of nitrogens with zero attached hydrogens (tertiary/aromatic N) is 5. The molecule has 1 amide bonds. The number of aryl methyl sites for hydroxylation is 1. The van der Waals surface area contributed by atoms with Gasteiger partial charge in [0.05, 0.1) is 25.8 Å². The van der Waals surface area contributed by atoms with E-state index < -0.39 is 0 Å². The number of aromatic nitrogens is 2. The van der Waals surface area contributed by atoms with Gasteiger partial charge in [-0.05, 0) is 20.8 Å². The van der Waals surface area contributed by atoms with Crippen molar-refractivity contribution in [3.05, 3.63) is 18.2 Å². The molecule has 0 aliphatic carbocycles. The Hall–Kier alpha value is -1.44. The number of ether oxygens (including phenoxy) is 1. The maximum atomic E-state index is 12.5. The number of amides is 1. The highest BCUT2D eigenvalue weighted by Crippen LogP contribution is 2.14. The summed E-state index contributed by atoms with van der Waals surface area (Å²) >= 11 is 0. The van der Waals surface area contributed by atoms with Gasteiger partial charge in [0.25, 0.3) is 0 Å². The fourth-order valence-electron chi connectivity index (χ4n) is 3.75. The summed E-state index contributed by atoms with van der Waals surface area (Å²) in [6.07, 6.45) is 4.07. The predicted octanol–water partition coefficient (Wildman–Crippen LogP) is 0.656. The molecule has 3 rings (SSSR count). The van der Waals surface area contributed by atoms with Gasteiger partial charge in [-0.1, -0.05) is 0 Å². The lowest BCUT2D eigenvalue weighted by Gasteiger charge is -2.40. The maximum Gasteiger partial charge on any atom is 0.236 e. The molecule has 0 bridgehead atoms. The van der Waals surface area contributed by atoms with E-state index in [2.05, 4.69) is 33.2 Å². The average Bonchev–Trinajstić information content (AvgIpc) is 3.04. The number of rotatable bonds is 5. The van der Waals surface area contributed by atoms with Crippen molar-refractivity contribution in [2.45, 2.75) is 46.0 Å². The largest absolute Gasteiger partial charge is 0.375 e. The van der Waals surface area contributed by atoms with Crippen molar-refractivity contribution in [3.63, 3.8) is 0 Å². The number of hydrogen-bond donors (Lipinski definition) is 0. The van der Waals surface area contributed by atoms with Gasteiger partial charge in [0.15, 0.2) is 0 Å². The number of morpholine rings is 1. The predicted molar refractivity (Wildman–Crippen MR) is 96.2 cm³/mol. The lowest BCUT2D eigenvalue weighted by Crippen LogP contribution is -2.55. The normalized spacial score (nSPS) is 26.1. The van der Waals surface area contributed by atoms with Crippen LogP contribution in [-0.2, 0) is 22.6 Å². The van der Waals surface area contributed by atoms with Gasteiger partial charge >= 0.3 is 0 Å². The van der Waals surface area contributed by atoms with Crippen LogP contribution >= 0.6 is 0 Å². The molecule has 0 spiro atoms. The first kappa shape index (κ1) is 18.4. The summed E-state index contributed by atoms with van der Waals surface area (Å²) in [5, 5.41) is 0. The van der Waals surface area contributed by atoms with Crippen LogP contribution in [0.3, 0.4) is 0 Å². The standard InChI is InChI=1S/C18H31N5O2/c1-4-21-6-5-19-17(21)13-22-8-7-20(11-15(22)2)14-18(24)23-9-10-25-16(3)12-23/h5-6,15-16H,4,7-14H2,1-3H3. The highest BCUT2D eigenvalue weighted by atomic mass is 16.5. The summed E-state index contributed by atoms with van der Waals surface area (Å²) < 4.78 is 7.72. The van der Waals surface area contributed by atoms with Gasteiger partial charge < -0.3 is 14.2 Å². The third kappa shape index (κ3) is 4.59. The van der Waals surface area contributed by atoms with E-state index in [0.29, 0.717) is 25.7 Å². The Kier molecular flexibility index (Phi) is 6.09. The molecule has 1 aromatic heterocycles. The zero-order valence-electron chi connectivity index (χ0n) is 15.7. The second kappa shape index (κ2) is 8.29. The Morgan fingerprint density at radius 3 is 2.84 bits per heavy atom. The van der Waals surface area contributed by atoms with Crippen molar-refractivity contribution in [1.29, 1.82) is 0 Å². The van der Waals surface area contributed by atoms with Gasteiger partial charge in [-0.2, -0.15) is 0 Å². The van der Waals surface area contributed by atoms with Crippen LogP contribution in [0.1, 0.15) is 26.6 Å². The van der Waals surface area contributed by atoms with Crippen molar-refractivity contribution in [3.8, 4) is 0 Å². The SMILES string of the molecule is CCn1ccnc1CN1CCN(CC(=O)N2CCOC(C)C2)CC1C.